The number of methoxy groups -OCH3 is 2. The van der Waals surface area contributed by atoms with Gasteiger partial charge in [0.05, 0.1) is 58.5 Å². The van der Waals surface area contributed by atoms with Crippen LogP contribution in [0.15, 0.2) is 100 Å². The van der Waals surface area contributed by atoms with Crippen LogP contribution in [-0.4, -0.2) is 92.1 Å². The quantitative estimate of drug-likeness (QED) is 0.0720. The van der Waals surface area contributed by atoms with Crippen molar-refractivity contribution in [1.82, 2.24) is 19.8 Å². The molecule has 0 unspecified atom stereocenters. The number of likely N-dealkylation sites (tertiary alicyclic amines) is 2. The molecule has 0 radical (unpaired) electrons. The maximum Gasteiger partial charge on any atom is 0.317 e. The largest absolute Gasteiger partial charge is 0.497 e. The lowest BCUT2D eigenvalue weighted by atomic mass is 10.0. The van der Waals surface area contributed by atoms with Gasteiger partial charge in [-0.15, -0.1) is 0 Å². The zero-order valence-electron chi connectivity index (χ0n) is 38.4. The molecule has 0 amide bonds. The first-order valence-corrected chi connectivity index (χ1v) is 23.2. The number of hydrogen-bond acceptors (Lipinski definition) is 13. The zero-order valence-corrected chi connectivity index (χ0v) is 39.2. The summed E-state index contributed by atoms with van der Waals surface area (Å²) in [5.74, 6) is 5.10. The Kier molecular flexibility index (Phi) is 15.0. The van der Waals surface area contributed by atoms with E-state index in [-0.39, 0.29) is 12.1 Å². The second-order valence-electron chi connectivity index (χ2n) is 16.5. The SMILES string of the molecule is CCOc1cc(CN2CCC(N(c3ncc(-c4ccc(OC)cc4)o3)N(c3ncc(-c4ccc(OC)cc4)o3)C3CCN(Cc4cc(OCC)c(Cl)c(OCC)c4)CC3)CC2)ccc1C. The maximum absolute atomic E-state index is 6.79. The Morgan fingerprint density at radius 2 is 1.00 bits per heavy atom. The summed E-state index contributed by atoms with van der Waals surface area (Å²) in [7, 11) is 3.33. The standard InChI is InChI=1S/C51H61ClN6O7/c1-7-61-44-28-36(11-10-35(44)4)33-55-24-20-40(21-25-55)57(50-53-31-47(64-50)38-12-16-42(59-5)17-13-38)58(51-54-32-48(65-51)39-14-18-43(60-6)19-15-39)41-22-26-56(27-23-41)34-37-29-45(62-8-2)49(52)46(30-37)63-9-3/h10-19,28-32,40-41H,7-9,20-27,33-34H2,1-6H3. The molecule has 4 aromatic carbocycles. The number of nitrogens with zero attached hydrogens (tertiary/aromatic N) is 6. The lowest BCUT2D eigenvalue weighted by molar-refractivity contribution is 0.178. The Balaban J connectivity index is 1.11. The number of ether oxygens (including phenoxy) is 5. The molecule has 65 heavy (non-hydrogen) atoms. The van der Waals surface area contributed by atoms with Gasteiger partial charge >= 0.3 is 12.0 Å². The summed E-state index contributed by atoms with van der Waals surface area (Å²) in [5.41, 5.74) is 5.29. The van der Waals surface area contributed by atoms with Crippen molar-refractivity contribution in [2.75, 3.05) is 70.2 Å². The number of oxazole rings is 2. The number of hydrogen-bond donors (Lipinski definition) is 0. The third-order valence-electron chi connectivity index (χ3n) is 12.2. The minimum Gasteiger partial charge on any atom is -0.497 e. The fourth-order valence-corrected chi connectivity index (χ4v) is 9.04. The van der Waals surface area contributed by atoms with E-state index in [9.17, 15) is 0 Å². The molecule has 0 saturated carbocycles. The molecule has 4 heterocycles. The summed E-state index contributed by atoms with van der Waals surface area (Å²) in [6.07, 6.45) is 7.02. The molecular weight excluding hydrogens is 844 g/mol. The van der Waals surface area contributed by atoms with Crippen molar-refractivity contribution in [2.45, 2.75) is 78.6 Å². The highest BCUT2D eigenvalue weighted by atomic mass is 35.5. The molecule has 14 heteroatoms. The van der Waals surface area contributed by atoms with Crippen LogP contribution in [0.5, 0.6) is 28.7 Å². The van der Waals surface area contributed by atoms with Crippen LogP contribution in [0.2, 0.25) is 5.02 Å². The molecule has 0 spiro atoms. The summed E-state index contributed by atoms with van der Waals surface area (Å²) >= 11 is 6.69. The van der Waals surface area contributed by atoms with Gasteiger partial charge in [0.2, 0.25) is 0 Å². The van der Waals surface area contributed by atoms with Gasteiger partial charge in [0.15, 0.2) is 11.5 Å². The Morgan fingerprint density at radius 1 is 0.585 bits per heavy atom. The van der Waals surface area contributed by atoms with Crippen LogP contribution in [0.1, 0.15) is 63.1 Å². The van der Waals surface area contributed by atoms with Crippen molar-refractivity contribution >= 4 is 23.6 Å². The number of aryl methyl sites for hydroxylation is 1. The fraction of sp³-hybridized carbons (Fsp3) is 0.412. The highest BCUT2D eigenvalue weighted by Crippen LogP contribution is 2.39. The minimum absolute atomic E-state index is 0.00992. The Morgan fingerprint density at radius 3 is 1.43 bits per heavy atom. The molecule has 6 aromatic rings. The van der Waals surface area contributed by atoms with Gasteiger partial charge in [-0.1, -0.05) is 23.7 Å². The van der Waals surface area contributed by atoms with Crippen LogP contribution in [-0.2, 0) is 13.1 Å². The topological polar surface area (TPSA) is 111 Å². The van der Waals surface area contributed by atoms with E-state index in [1.54, 1.807) is 14.2 Å². The predicted molar refractivity (Wildman–Crippen MR) is 255 cm³/mol. The molecule has 13 nitrogen and oxygen atoms in total. The second kappa shape index (κ2) is 21.4. The van der Waals surface area contributed by atoms with E-state index in [4.69, 9.17) is 54.1 Å². The van der Waals surface area contributed by atoms with Gasteiger partial charge in [-0.2, -0.15) is 9.97 Å². The van der Waals surface area contributed by atoms with Crippen LogP contribution in [0.4, 0.5) is 12.0 Å². The summed E-state index contributed by atoms with van der Waals surface area (Å²) in [6.45, 7) is 14.7. The van der Waals surface area contributed by atoms with E-state index in [1.165, 1.54) is 5.56 Å². The third-order valence-corrected chi connectivity index (χ3v) is 12.6. The van der Waals surface area contributed by atoms with E-state index in [2.05, 4.69) is 44.9 Å². The second-order valence-corrected chi connectivity index (χ2v) is 16.9. The molecule has 2 aliphatic rings. The van der Waals surface area contributed by atoms with Crippen molar-refractivity contribution in [2.24, 2.45) is 0 Å². The van der Waals surface area contributed by atoms with Crippen LogP contribution in [0, 0.1) is 6.92 Å². The number of halogens is 1. The van der Waals surface area contributed by atoms with Gasteiger partial charge in [0.25, 0.3) is 0 Å². The van der Waals surface area contributed by atoms with Gasteiger partial charge in [0, 0.05) is 50.4 Å². The average Bonchev–Trinajstić information content (AvgIpc) is 4.03. The number of rotatable bonds is 19. The number of hydrazine groups is 1. The van der Waals surface area contributed by atoms with Gasteiger partial charge in [0.1, 0.15) is 33.8 Å². The number of aromatic nitrogens is 2. The van der Waals surface area contributed by atoms with Crippen molar-refractivity contribution < 1.29 is 32.5 Å². The average molecular weight is 906 g/mol. The Hall–Kier alpha value is -5.89. The first kappa shape index (κ1) is 45.7. The first-order valence-electron chi connectivity index (χ1n) is 22.8. The van der Waals surface area contributed by atoms with Crippen LogP contribution < -0.4 is 33.7 Å². The predicted octanol–water partition coefficient (Wildman–Crippen LogP) is 10.7. The Labute approximate surface area is 387 Å². The van der Waals surface area contributed by atoms with Gasteiger partial charge in [-0.25, -0.2) is 10.0 Å². The summed E-state index contributed by atoms with van der Waals surface area (Å²) in [4.78, 5) is 15.0. The van der Waals surface area contributed by atoms with Gasteiger partial charge < -0.3 is 32.5 Å². The molecule has 0 N–H and O–H groups in total. The normalized spacial score (nSPS) is 15.2. The fourth-order valence-electron chi connectivity index (χ4n) is 8.82. The van der Waals surface area contributed by atoms with Crippen molar-refractivity contribution in [3.8, 4) is 51.4 Å². The number of piperidine rings is 2. The molecule has 0 atom stereocenters. The van der Waals surface area contributed by atoms with Crippen molar-refractivity contribution in [3.05, 3.63) is 113 Å². The van der Waals surface area contributed by atoms with E-state index >= 15 is 0 Å². The minimum atomic E-state index is 0.00992. The highest BCUT2D eigenvalue weighted by molar-refractivity contribution is 6.33. The van der Waals surface area contributed by atoms with Gasteiger partial charge in [-0.05, 0) is 137 Å². The van der Waals surface area contributed by atoms with Crippen molar-refractivity contribution in [1.29, 1.82) is 0 Å². The third kappa shape index (κ3) is 10.8. The lowest BCUT2D eigenvalue weighted by Crippen LogP contribution is -2.59. The van der Waals surface area contributed by atoms with Gasteiger partial charge in [-0.3, -0.25) is 9.80 Å². The summed E-state index contributed by atoms with van der Waals surface area (Å²) in [5, 5.41) is 4.99. The molecule has 2 aliphatic heterocycles. The van der Waals surface area contributed by atoms with Crippen LogP contribution in [0.3, 0.4) is 0 Å². The molecule has 2 saturated heterocycles. The molecule has 8 rings (SSSR count). The smallest absolute Gasteiger partial charge is 0.317 e. The van der Waals surface area contributed by atoms with E-state index in [0.717, 1.165) is 104 Å². The van der Waals surface area contributed by atoms with E-state index < -0.39 is 0 Å². The van der Waals surface area contributed by atoms with Crippen molar-refractivity contribution in [3.63, 3.8) is 0 Å². The molecule has 0 bridgehead atoms. The van der Waals surface area contributed by atoms with Crippen LogP contribution in [0.25, 0.3) is 22.6 Å². The number of anilines is 2. The summed E-state index contributed by atoms with van der Waals surface area (Å²) in [6, 6.07) is 27.3. The first-order chi connectivity index (χ1) is 31.8. The Bertz CT molecular complexity index is 2420. The van der Waals surface area contributed by atoms with Crippen LogP contribution >= 0.6 is 11.6 Å². The molecule has 2 fully saturated rings. The molecular formula is C51H61ClN6O7. The monoisotopic (exact) mass is 904 g/mol. The molecule has 0 aliphatic carbocycles. The maximum atomic E-state index is 6.79. The summed E-state index contributed by atoms with van der Waals surface area (Å²) < 4.78 is 42.3. The lowest BCUT2D eigenvalue weighted by Gasteiger charge is -2.47. The zero-order chi connectivity index (χ0) is 45.3. The van der Waals surface area contributed by atoms with E-state index in [1.807, 2.05) is 93.8 Å². The van der Waals surface area contributed by atoms with E-state index in [0.29, 0.717) is 59.9 Å². The highest BCUT2D eigenvalue weighted by Gasteiger charge is 2.39. The molecule has 2 aromatic heterocycles. The number of benzene rings is 4. The molecule has 344 valence electrons.